The van der Waals surface area contributed by atoms with E-state index in [4.69, 9.17) is 28.2 Å². The van der Waals surface area contributed by atoms with Crippen LogP contribution in [0.3, 0.4) is 0 Å². The summed E-state index contributed by atoms with van der Waals surface area (Å²) in [5.41, 5.74) is 5.53. The Morgan fingerprint density at radius 1 is 0.846 bits per heavy atom. The Morgan fingerprint density at radius 3 is 2.35 bits per heavy atom. The number of halogens is 2. The monoisotopic (exact) mass is 381 g/mol. The molecule has 130 valence electrons. The minimum atomic E-state index is 0.660. The summed E-state index contributed by atoms with van der Waals surface area (Å²) in [5, 5.41) is 4.83. The van der Waals surface area contributed by atoms with Crippen molar-refractivity contribution in [3.05, 3.63) is 82.0 Å². The molecule has 0 unspecified atom stereocenters. The van der Waals surface area contributed by atoms with Gasteiger partial charge >= 0.3 is 0 Å². The molecule has 0 aliphatic rings. The van der Waals surface area contributed by atoms with E-state index in [2.05, 4.69) is 22.7 Å². The van der Waals surface area contributed by atoms with E-state index in [1.807, 2.05) is 61.5 Å². The van der Waals surface area contributed by atoms with Crippen LogP contribution < -0.4 is 5.32 Å². The Hall–Kier alpha value is -2.49. The molecule has 0 aliphatic carbocycles. The van der Waals surface area contributed by atoms with Gasteiger partial charge in [-0.25, -0.2) is 4.98 Å². The first-order valence-electron chi connectivity index (χ1n) is 8.31. The van der Waals surface area contributed by atoms with Gasteiger partial charge in [0.05, 0.1) is 15.7 Å². The molecule has 0 aliphatic heterocycles. The number of nitrogens with zero attached hydrogens (tertiary/aromatic N) is 2. The molecule has 26 heavy (non-hydrogen) atoms. The SMILES string of the molecule is Cc1cccc(Cl)c1Nc1c(-c2ccccc2Cl)nc2cccc(C)n12. The van der Waals surface area contributed by atoms with Crippen LogP contribution >= 0.6 is 23.2 Å². The standard InChI is InChI=1S/C21H17Cl2N3/c1-13-7-5-11-17(23)19(13)25-21-20(15-9-3-4-10-16(15)22)24-18-12-6-8-14(2)26(18)21/h3-12,25H,1-2H3. The molecule has 1 N–H and O–H groups in total. The molecule has 3 nitrogen and oxygen atoms in total. The molecule has 0 bridgehead atoms. The van der Waals surface area contributed by atoms with Crippen molar-refractivity contribution in [2.75, 3.05) is 5.32 Å². The summed E-state index contributed by atoms with van der Waals surface area (Å²) in [6.45, 7) is 4.08. The van der Waals surface area contributed by atoms with Crippen LogP contribution in [0.4, 0.5) is 11.5 Å². The zero-order valence-electron chi connectivity index (χ0n) is 14.4. The molecule has 4 rings (SSSR count). The van der Waals surface area contributed by atoms with Crippen molar-refractivity contribution in [1.82, 2.24) is 9.38 Å². The Morgan fingerprint density at radius 2 is 1.58 bits per heavy atom. The summed E-state index contributed by atoms with van der Waals surface area (Å²) < 4.78 is 2.08. The van der Waals surface area contributed by atoms with E-state index < -0.39 is 0 Å². The summed E-state index contributed by atoms with van der Waals surface area (Å²) in [4.78, 5) is 4.83. The number of hydrogen-bond acceptors (Lipinski definition) is 2. The van der Waals surface area contributed by atoms with E-state index in [0.717, 1.165) is 39.7 Å². The number of benzene rings is 2. The van der Waals surface area contributed by atoms with Gasteiger partial charge < -0.3 is 5.32 Å². The Kier molecular flexibility index (Phi) is 4.35. The number of fused-ring (bicyclic) bond motifs is 1. The van der Waals surface area contributed by atoms with Crippen LogP contribution in [0.1, 0.15) is 11.3 Å². The van der Waals surface area contributed by atoms with Gasteiger partial charge in [-0.1, -0.05) is 59.6 Å². The summed E-state index contributed by atoms with van der Waals surface area (Å²) in [6, 6.07) is 19.6. The van der Waals surface area contributed by atoms with Crippen LogP contribution in [0.2, 0.25) is 10.0 Å². The fraction of sp³-hybridized carbons (Fsp3) is 0.0952. The first kappa shape index (κ1) is 17.0. The van der Waals surface area contributed by atoms with Crippen molar-refractivity contribution in [2.45, 2.75) is 13.8 Å². The maximum Gasteiger partial charge on any atom is 0.143 e. The number of aromatic nitrogens is 2. The highest BCUT2D eigenvalue weighted by molar-refractivity contribution is 6.34. The lowest BCUT2D eigenvalue weighted by molar-refractivity contribution is 1.09. The summed E-state index contributed by atoms with van der Waals surface area (Å²) in [6.07, 6.45) is 0. The molecular weight excluding hydrogens is 365 g/mol. The highest BCUT2D eigenvalue weighted by atomic mass is 35.5. The predicted molar refractivity (Wildman–Crippen MR) is 110 cm³/mol. The van der Waals surface area contributed by atoms with E-state index in [9.17, 15) is 0 Å². The molecule has 0 amide bonds. The number of para-hydroxylation sites is 1. The average Bonchev–Trinajstić information content (AvgIpc) is 2.98. The molecule has 2 aromatic carbocycles. The van der Waals surface area contributed by atoms with Gasteiger partial charge in [0.1, 0.15) is 17.2 Å². The lowest BCUT2D eigenvalue weighted by Crippen LogP contribution is -2.01. The number of anilines is 2. The second-order valence-corrected chi connectivity index (χ2v) is 7.02. The topological polar surface area (TPSA) is 29.3 Å². The van der Waals surface area contributed by atoms with Crippen molar-refractivity contribution in [3.63, 3.8) is 0 Å². The molecule has 5 heteroatoms. The van der Waals surface area contributed by atoms with Gasteiger partial charge in [0.2, 0.25) is 0 Å². The second-order valence-electron chi connectivity index (χ2n) is 6.21. The third-order valence-electron chi connectivity index (χ3n) is 4.43. The largest absolute Gasteiger partial charge is 0.338 e. The third kappa shape index (κ3) is 2.83. The summed E-state index contributed by atoms with van der Waals surface area (Å²) in [7, 11) is 0. The van der Waals surface area contributed by atoms with Crippen LogP contribution in [0.15, 0.2) is 60.7 Å². The molecule has 4 aromatic rings. The first-order chi connectivity index (χ1) is 12.6. The molecule has 0 radical (unpaired) electrons. The average molecular weight is 382 g/mol. The number of rotatable bonds is 3. The quantitative estimate of drug-likeness (QED) is 0.429. The lowest BCUT2D eigenvalue weighted by atomic mass is 10.1. The Labute approximate surface area is 162 Å². The zero-order chi connectivity index (χ0) is 18.3. The van der Waals surface area contributed by atoms with Crippen LogP contribution in [0.5, 0.6) is 0 Å². The first-order valence-corrected chi connectivity index (χ1v) is 9.07. The van der Waals surface area contributed by atoms with Crippen LogP contribution in [0.25, 0.3) is 16.9 Å². The smallest absolute Gasteiger partial charge is 0.143 e. The van der Waals surface area contributed by atoms with E-state index in [0.29, 0.717) is 10.0 Å². The molecule has 0 saturated carbocycles. The zero-order valence-corrected chi connectivity index (χ0v) is 15.9. The highest BCUT2D eigenvalue weighted by Gasteiger charge is 2.19. The molecule has 2 aromatic heterocycles. The normalized spacial score (nSPS) is 11.1. The number of pyridine rings is 1. The van der Waals surface area contributed by atoms with Crippen LogP contribution in [-0.2, 0) is 0 Å². The second kappa shape index (κ2) is 6.67. The maximum atomic E-state index is 6.46. The van der Waals surface area contributed by atoms with Gasteiger partial charge in [0, 0.05) is 11.3 Å². The van der Waals surface area contributed by atoms with Crippen molar-refractivity contribution < 1.29 is 0 Å². The van der Waals surface area contributed by atoms with Crippen molar-refractivity contribution >= 4 is 40.4 Å². The van der Waals surface area contributed by atoms with E-state index in [1.54, 1.807) is 0 Å². The minimum Gasteiger partial charge on any atom is -0.338 e. The van der Waals surface area contributed by atoms with Crippen molar-refractivity contribution in [3.8, 4) is 11.3 Å². The number of nitrogens with one attached hydrogen (secondary N) is 1. The third-order valence-corrected chi connectivity index (χ3v) is 5.08. The van der Waals surface area contributed by atoms with Crippen molar-refractivity contribution in [1.29, 1.82) is 0 Å². The molecular formula is C21H17Cl2N3. The fourth-order valence-corrected chi connectivity index (χ4v) is 3.61. The molecule has 0 atom stereocenters. The number of hydrogen-bond donors (Lipinski definition) is 1. The number of aryl methyl sites for hydroxylation is 2. The van der Waals surface area contributed by atoms with Gasteiger partial charge in [-0.05, 0) is 43.7 Å². The summed E-state index contributed by atoms with van der Waals surface area (Å²) in [5.74, 6) is 0.849. The van der Waals surface area contributed by atoms with Gasteiger partial charge in [-0.15, -0.1) is 0 Å². The van der Waals surface area contributed by atoms with E-state index in [-0.39, 0.29) is 0 Å². The highest BCUT2D eigenvalue weighted by Crippen LogP contribution is 2.37. The van der Waals surface area contributed by atoms with Crippen LogP contribution in [-0.4, -0.2) is 9.38 Å². The fourth-order valence-electron chi connectivity index (χ4n) is 3.12. The molecule has 0 spiro atoms. The van der Waals surface area contributed by atoms with E-state index in [1.165, 1.54) is 0 Å². The molecule has 0 fully saturated rings. The lowest BCUT2D eigenvalue weighted by Gasteiger charge is -2.14. The maximum absolute atomic E-state index is 6.46. The van der Waals surface area contributed by atoms with Gasteiger partial charge in [-0.2, -0.15) is 0 Å². The van der Waals surface area contributed by atoms with Crippen LogP contribution in [0, 0.1) is 13.8 Å². The minimum absolute atomic E-state index is 0.660. The summed E-state index contributed by atoms with van der Waals surface area (Å²) >= 11 is 12.9. The molecule has 2 heterocycles. The van der Waals surface area contributed by atoms with E-state index >= 15 is 0 Å². The molecule has 0 saturated heterocycles. The number of imidazole rings is 1. The van der Waals surface area contributed by atoms with Crippen molar-refractivity contribution in [2.24, 2.45) is 0 Å². The van der Waals surface area contributed by atoms with Gasteiger partial charge in [-0.3, -0.25) is 4.40 Å². The predicted octanol–water partition coefficient (Wildman–Crippen LogP) is 6.67. The van der Waals surface area contributed by atoms with Gasteiger partial charge in [0.15, 0.2) is 0 Å². The Bertz CT molecular complexity index is 1100. The van der Waals surface area contributed by atoms with Gasteiger partial charge in [0.25, 0.3) is 0 Å². The Balaban J connectivity index is 2.00.